The summed E-state index contributed by atoms with van der Waals surface area (Å²) in [5, 5.41) is 0.141. The van der Waals surface area contributed by atoms with Crippen LogP contribution in [0, 0.1) is 17.5 Å². The van der Waals surface area contributed by atoms with E-state index in [4.69, 9.17) is 9.47 Å². The van der Waals surface area contributed by atoms with E-state index >= 15 is 0 Å². The number of benzene rings is 3. The quantitative estimate of drug-likeness (QED) is 0.442. The second-order valence-electron chi connectivity index (χ2n) is 8.20. The van der Waals surface area contributed by atoms with Crippen molar-refractivity contribution < 1.29 is 27.4 Å². The summed E-state index contributed by atoms with van der Waals surface area (Å²) < 4.78 is 53.6. The molecule has 35 heavy (non-hydrogen) atoms. The number of fused-ring (bicyclic) bond motifs is 3. The van der Waals surface area contributed by atoms with Crippen molar-refractivity contribution >= 4 is 16.7 Å². The third-order valence-corrected chi connectivity index (χ3v) is 5.93. The molecule has 1 aromatic heterocycles. The number of pyridine rings is 1. The summed E-state index contributed by atoms with van der Waals surface area (Å²) in [4.78, 5) is 29.8. The smallest absolute Gasteiger partial charge is 0.256 e. The zero-order valence-corrected chi connectivity index (χ0v) is 18.5. The van der Waals surface area contributed by atoms with Crippen LogP contribution in [0.5, 0.6) is 11.5 Å². The van der Waals surface area contributed by atoms with Gasteiger partial charge in [0, 0.05) is 29.9 Å². The molecule has 1 N–H and O–H groups in total. The fourth-order valence-electron chi connectivity index (χ4n) is 4.26. The molecule has 1 aliphatic heterocycles. The van der Waals surface area contributed by atoms with Crippen LogP contribution in [0.25, 0.3) is 10.8 Å². The molecule has 178 valence electrons. The molecule has 0 fully saturated rings. The fraction of sp³-hybridized carbons (Fsp3) is 0.154. The van der Waals surface area contributed by atoms with Crippen molar-refractivity contribution in [2.45, 2.75) is 12.6 Å². The summed E-state index contributed by atoms with van der Waals surface area (Å²) in [6.45, 7) is 0.0745. The van der Waals surface area contributed by atoms with Gasteiger partial charge >= 0.3 is 0 Å². The van der Waals surface area contributed by atoms with Crippen LogP contribution in [-0.4, -0.2) is 29.4 Å². The van der Waals surface area contributed by atoms with Crippen molar-refractivity contribution in [2.75, 3.05) is 13.7 Å². The summed E-state index contributed by atoms with van der Waals surface area (Å²) in [6, 6.07) is 13.4. The highest BCUT2D eigenvalue weighted by atomic mass is 19.2. The molecule has 2 heterocycles. The highest BCUT2D eigenvalue weighted by molar-refractivity contribution is 5.95. The van der Waals surface area contributed by atoms with E-state index < -0.39 is 35.0 Å². The standard InChI is InChI=1S/C26H19F3N2O4/c1-31(26(33)14-7-15(27)9-17(8-14)35-16-5-3-2-4-6-16)23-13-34-12-22-24(23)18-10-20(28)21(29)11-19(18)25(32)30-22/h2-11,23H,12-13H2,1H3,(H,30,32)/t23-/m1/s1. The third-order valence-electron chi connectivity index (χ3n) is 5.93. The van der Waals surface area contributed by atoms with Gasteiger partial charge in [-0.2, -0.15) is 0 Å². The van der Waals surface area contributed by atoms with Crippen LogP contribution in [0.4, 0.5) is 13.2 Å². The number of hydrogen-bond donors (Lipinski definition) is 1. The van der Waals surface area contributed by atoms with Gasteiger partial charge in [0.15, 0.2) is 11.6 Å². The van der Waals surface area contributed by atoms with Gasteiger partial charge < -0.3 is 19.4 Å². The predicted molar refractivity (Wildman–Crippen MR) is 122 cm³/mol. The van der Waals surface area contributed by atoms with Gasteiger partial charge in [0.1, 0.15) is 17.3 Å². The molecule has 1 amide bonds. The molecule has 3 aromatic carbocycles. The highest BCUT2D eigenvalue weighted by Crippen LogP contribution is 2.34. The Morgan fingerprint density at radius 2 is 1.71 bits per heavy atom. The number of para-hydroxylation sites is 1. The largest absolute Gasteiger partial charge is 0.457 e. The molecule has 0 bridgehead atoms. The average Bonchev–Trinajstić information content (AvgIpc) is 2.84. The monoisotopic (exact) mass is 480 g/mol. The van der Waals surface area contributed by atoms with Gasteiger partial charge in [0.25, 0.3) is 11.5 Å². The van der Waals surface area contributed by atoms with Crippen LogP contribution in [0.15, 0.2) is 65.5 Å². The first-order chi connectivity index (χ1) is 16.8. The Balaban J connectivity index is 1.53. The molecular weight excluding hydrogens is 461 g/mol. The molecule has 6 nitrogen and oxygen atoms in total. The molecule has 1 aliphatic rings. The molecule has 0 saturated heterocycles. The van der Waals surface area contributed by atoms with E-state index in [9.17, 15) is 22.8 Å². The number of aromatic nitrogens is 1. The topological polar surface area (TPSA) is 71.6 Å². The molecule has 0 saturated carbocycles. The Labute approximate surface area is 197 Å². The molecule has 0 spiro atoms. The fourth-order valence-corrected chi connectivity index (χ4v) is 4.26. The van der Waals surface area contributed by atoms with Crippen molar-refractivity contribution in [1.82, 2.24) is 9.88 Å². The minimum atomic E-state index is -1.15. The van der Waals surface area contributed by atoms with Crippen LogP contribution < -0.4 is 10.3 Å². The molecule has 0 unspecified atom stereocenters. The number of nitrogens with one attached hydrogen (secondary N) is 1. The average molecular weight is 480 g/mol. The van der Waals surface area contributed by atoms with Gasteiger partial charge in [-0.1, -0.05) is 18.2 Å². The van der Waals surface area contributed by atoms with Crippen molar-refractivity contribution in [2.24, 2.45) is 0 Å². The molecular formula is C26H19F3N2O4. The molecule has 5 rings (SSSR count). The van der Waals surface area contributed by atoms with E-state index in [1.165, 1.54) is 24.1 Å². The second-order valence-corrected chi connectivity index (χ2v) is 8.20. The number of ether oxygens (including phenoxy) is 2. The summed E-state index contributed by atoms with van der Waals surface area (Å²) in [5.41, 5.74) is 0.231. The van der Waals surface area contributed by atoms with E-state index in [1.54, 1.807) is 24.3 Å². The minimum absolute atomic E-state index is 0.0245. The predicted octanol–water partition coefficient (Wildman–Crippen LogP) is 5.08. The van der Waals surface area contributed by atoms with Crippen LogP contribution >= 0.6 is 0 Å². The Kier molecular flexibility index (Phi) is 5.78. The number of rotatable bonds is 4. The number of hydrogen-bond acceptors (Lipinski definition) is 4. The van der Waals surface area contributed by atoms with Gasteiger partial charge in [0.2, 0.25) is 0 Å². The van der Waals surface area contributed by atoms with Crippen molar-refractivity contribution in [3.05, 3.63) is 105 Å². The first kappa shape index (κ1) is 22.7. The first-order valence-electron chi connectivity index (χ1n) is 10.7. The zero-order valence-electron chi connectivity index (χ0n) is 18.5. The number of aromatic amines is 1. The Morgan fingerprint density at radius 3 is 2.46 bits per heavy atom. The Hall–Kier alpha value is -4.11. The number of amides is 1. The molecule has 0 aliphatic carbocycles. The van der Waals surface area contributed by atoms with Crippen LogP contribution in [0.2, 0.25) is 0 Å². The van der Waals surface area contributed by atoms with Crippen LogP contribution in [0.3, 0.4) is 0 Å². The maximum absolute atomic E-state index is 14.4. The molecule has 0 radical (unpaired) electrons. The molecule has 1 atom stereocenters. The SMILES string of the molecule is CN(C(=O)c1cc(F)cc(Oc2ccccc2)c1)[C@@H]1COCc2[nH]c(=O)c3cc(F)c(F)cc3c21. The van der Waals surface area contributed by atoms with Gasteiger partial charge in [-0.3, -0.25) is 9.59 Å². The van der Waals surface area contributed by atoms with Gasteiger partial charge in [-0.05, 0) is 41.8 Å². The van der Waals surface area contributed by atoms with E-state index in [0.717, 1.165) is 18.2 Å². The number of carbonyl (C=O) groups excluding carboxylic acids is 1. The van der Waals surface area contributed by atoms with Crippen LogP contribution in [-0.2, 0) is 11.3 Å². The lowest BCUT2D eigenvalue weighted by Gasteiger charge is -2.34. The number of nitrogens with zero attached hydrogens (tertiary/aromatic N) is 1. The zero-order chi connectivity index (χ0) is 24.7. The van der Waals surface area contributed by atoms with Gasteiger partial charge in [-0.25, -0.2) is 13.2 Å². The van der Waals surface area contributed by atoms with E-state index in [0.29, 0.717) is 17.0 Å². The van der Waals surface area contributed by atoms with Crippen molar-refractivity contribution in [3.63, 3.8) is 0 Å². The van der Waals surface area contributed by atoms with Crippen LogP contribution in [0.1, 0.15) is 27.7 Å². The molecule has 9 heteroatoms. The lowest BCUT2D eigenvalue weighted by Crippen LogP contribution is -2.37. The Morgan fingerprint density at radius 1 is 1.00 bits per heavy atom. The number of H-pyrrole nitrogens is 1. The number of halogens is 3. The maximum atomic E-state index is 14.4. The van der Waals surface area contributed by atoms with Crippen molar-refractivity contribution in [3.8, 4) is 11.5 Å². The van der Waals surface area contributed by atoms with Crippen molar-refractivity contribution in [1.29, 1.82) is 0 Å². The maximum Gasteiger partial charge on any atom is 0.256 e. The lowest BCUT2D eigenvalue weighted by molar-refractivity contribution is 0.0335. The number of carbonyl (C=O) groups is 1. The summed E-state index contributed by atoms with van der Waals surface area (Å²) >= 11 is 0. The summed E-state index contributed by atoms with van der Waals surface area (Å²) in [6.07, 6.45) is 0. The third kappa shape index (κ3) is 4.26. The van der Waals surface area contributed by atoms with Gasteiger partial charge in [-0.15, -0.1) is 0 Å². The summed E-state index contributed by atoms with van der Waals surface area (Å²) in [5.74, 6) is -2.86. The highest BCUT2D eigenvalue weighted by Gasteiger charge is 2.31. The first-order valence-corrected chi connectivity index (χ1v) is 10.7. The minimum Gasteiger partial charge on any atom is -0.457 e. The van der Waals surface area contributed by atoms with E-state index in [-0.39, 0.29) is 35.3 Å². The Bertz CT molecular complexity index is 1500. The van der Waals surface area contributed by atoms with E-state index in [1.807, 2.05) is 6.07 Å². The van der Waals surface area contributed by atoms with Gasteiger partial charge in [0.05, 0.1) is 24.6 Å². The summed E-state index contributed by atoms with van der Waals surface area (Å²) in [7, 11) is 1.49. The molecule has 4 aromatic rings. The normalized spacial score (nSPS) is 15.0. The second kappa shape index (κ2) is 8.92. The number of likely N-dealkylation sites (N-methyl/N-ethyl adjacent to an activating group) is 1. The lowest BCUT2D eigenvalue weighted by atomic mass is 9.95. The van der Waals surface area contributed by atoms with E-state index in [2.05, 4.69) is 4.98 Å².